The monoisotopic (exact) mass is 380 g/mol. The van der Waals surface area contributed by atoms with Crippen molar-refractivity contribution in [2.45, 2.75) is 6.18 Å². The van der Waals surface area contributed by atoms with Crippen LogP contribution in [-0.2, 0) is 6.18 Å². The van der Waals surface area contributed by atoms with Crippen molar-refractivity contribution in [2.75, 3.05) is 5.43 Å². The highest BCUT2D eigenvalue weighted by atomic mass is 35.5. The Bertz CT molecular complexity index is 940. The van der Waals surface area contributed by atoms with Crippen molar-refractivity contribution in [1.82, 2.24) is 15.6 Å². The normalized spacial score (nSPS) is 11.2. The molecule has 0 spiro atoms. The topological polar surface area (TPSA) is 69.8 Å². The van der Waals surface area contributed by atoms with E-state index in [1.54, 1.807) is 24.3 Å². The van der Waals surface area contributed by atoms with E-state index in [0.29, 0.717) is 16.3 Å². The van der Waals surface area contributed by atoms with Gasteiger partial charge < -0.3 is 0 Å². The second-order valence-electron chi connectivity index (χ2n) is 5.30. The first-order valence-corrected chi connectivity index (χ1v) is 7.76. The van der Waals surface area contributed by atoms with Crippen LogP contribution < -0.4 is 10.9 Å². The van der Waals surface area contributed by atoms with Gasteiger partial charge in [-0.05, 0) is 30.3 Å². The smallest absolute Gasteiger partial charge is 0.298 e. The number of H-pyrrole nitrogens is 1. The van der Waals surface area contributed by atoms with Crippen LogP contribution in [0, 0.1) is 0 Å². The second-order valence-corrected chi connectivity index (χ2v) is 5.74. The summed E-state index contributed by atoms with van der Waals surface area (Å²) in [6, 6.07) is 13.2. The van der Waals surface area contributed by atoms with E-state index in [-0.39, 0.29) is 11.4 Å². The molecule has 1 amide bonds. The predicted molar refractivity (Wildman–Crippen MR) is 91.6 cm³/mol. The van der Waals surface area contributed by atoms with Gasteiger partial charge in [-0.2, -0.15) is 18.3 Å². The summed E-state index contributed by atoms with van der Waals surface area (Å²) in [6.07, 6.45) is -4.54. The third kappa shape index (κ3) is 3.97. The summed E-state index contributed by atoms with van der Waals surface area (Å²) in [5.74, 6) is -0.664. The Hall–Kier alpha value is -3.00. The number of nitrogens with one attached hydrogen (secondary N) is 3. The quantitative estimate of drug-likeness (QED) is 0.583. The highest BCUT2D eigenvalue weighted by Crippen LogP contribution is 2.34. The molecule has 0 saturated heterocycles. The van der Waals surface area contributed by atoms with Crippen molar-refractivity contribution >= 4 is 23.2 Å². The number of para-hydroxylation sites is 1. The van der Waals surface area contributed by atoms with Crippen molar-refractivity contribution in [3.8, 4) is 11.3 Å². The molecule has 5 nitrogen and oxygen atoms in total. The van der Waals surface area contributed by atoms with E-state index in [0.717, 1.165) is 6.07 Å². The Balaban J connectivity index is 1.72. The Morgan fingerprint density at radius 2 is 1.85 bits per heavy atom. The molecule has 3 aromatic rings. The molecule has 0 unspecified atom stereocenters. The molecule has 3 rings (SSSR count). The summed E-state index contributed by atoms with van der Waals surface area (Å²) < 4.78 is 38.8. The lowest BCUT2D eigenvalue weighted by atomic mass is 10.1. The number of anilines is 1. The minimum atomic E-state index is -4.54. The summed E-state index contributed by atoms with van der Waals surface area (Å²) in [5.41, 5.74) is 4.62. The molecule has 0 saturated carbocycles. The van der Waals surface area contributed by atoms with E-state index >= 15 is 0 Å². The summed E-state index contributed by atoms with van der Waals surface area (Å²) in [4.78, 5) is 12.1. The number of carbonyl (C=O) groups is 1. The number of aromatic nitrogens is 2. The van der Waals surface area contributed by atoms with E-state index in [1.165, 1.54) is 24.3 Å². The van der Waals surface area contributed by atoms with E-state index in [1.807, 2.05) is 0 Å². The Labute approximate surface area is 151 Å². The number of aromatic amines is 1. The number of hydrazine groups is 1. The molecule has 0 atom stereocenters. The summed E-state index contributed by atoms with van der Waals surface area (Å²) in [6.45, 7) is 0. The fourth-order valence-electron chi connectivity index (χ4n) is 2.26. The van der Waals surface area contributed by atoms with Crippen LogP contribution in [0.5, 0.6) is 0 Å². The van der Waals surface area contributed by atoms with Crippen molar-refractivity contribution in [1.29, 1.82) is 0 Å². The van der Waals surface area contributed by atoms with E-state index in [9.17, 15) is 18.0 Å². The second kappa shape index (κ2) is 7.09. The first-order valence-electron chi connectivity index (χ1n) is 7.38. The lowest BCUT2D eigenvalue weighted by Crippen LogP contribution is -2.30. The van der Waals surface area contributed by atoms with Crippen molar-refractivity contribution in [2.24, 2.45) is 0 Å². The molecule has 2 aromatic carbocycles. The Morgan fingerprint density at radius 1 is 1.08 bits per heavy atom. The molecule has 1 aromatic heterocycles. The van der Waals surface area contributed by atoms with E-state index in [4.69, 9.17) is 11.6 Å². The number of nitrogens with zero attached hydrogens (tertiary/aromatic N) is 1. The lowest BCUT2D eigenvalue weighted by molar-refractivity contribution is -0.137. The van der Waals surface area contributed by atoms with Gasteiger partial charge in [0.05, 0.1) is 16.9 Å². The number of hydrogen-bond donors (Lipinski definition) is 3. The maximum Gasteiger partial charge on any atom is 0.418 e. The van der Waals surface area contributed by atoms with Crippen LogP contribution in [0.3, 0.4) is 0 Å². The number of rotatable bonds is 4. The fraction of sp³-hybridized carbons (Fsp3) is 0.0588. The van der Waals surface area contributed by atoms with Gasteiger partial charge in [0.2, 0.25) is 0 Å². The standard InChI is InChI=1S/C17H12ClF3N4O/c18-11-5-3-4-10(8-11)14-9-15(24-23-14)16(26)25-22-13-7-2-1-6-12(13)17(19,20)21/h1-9,22H,(H,23,24)(H,25,26). The molecule has 3 N–H and O–H groups in total. The average molecular weight is 381 g/mol. The van der Waals surface area contributed by atoms with Crippen molar-refractivity contribution in [3.05, 3.63) is 70.9 Å². The van der Waals surface area contributed by atoms with Crippen LogP contribution in [0.15, 0.2) is 54.6 Å². The number of hydrogen-bond acceptors (Lipinski definition) is 3. The number of carbonyl (C=O) groups excluding carboxylic acids is 1. The maximum absolute atomic E-state index is 12.9. The van der Waals surface area contributed by atoms with E-state index in [2.05, 4.69) is 21.0 Å². The molecule has 0 radical (unpaired) electrons. The molecule has 0 aliphatic rings. The molecule has 134 valence electrons. The zero-order chi connectivity index (χ0) is 18.7. The van der Waals surface area contributed by atoms with Crippen LogP contribution in [0.2, 0.25) is 5.02 Å². The highest BCUT2D eigenvalue weighted by Gasteiger charge is 2.33. The van der Waals surface area contributed by atoms with Gasteiger partial charge in [0.25, 0.3) is 5.91 Å². The summed E-state index contributed by atoms with van der Waals surface area (Å²) >= 11 is 5.91. The largest absolute Gasteiger partial charge is 0.418 e. The van der Waals surface area contributed by atoms with Gasteiger partial charge >= 0.3 is 6.18 Å². The summed E-state index contributed by atoms with van der Waals surface area (Å²) in [5, 5.41) is 7.06. The van der Waals surface area contributed by atoms with Crippen LogP contribution in [0.25, 0.3) is 11.3 Å². The third-order valence-electron chi connectivity index (χ3n) is 3.49. The fourth-order valence-corrected chi connectivity index (χ4v) is 2.45. The Morgan fingerprint density at radius 3 is 2.58 bits per heavy atom. The lowest BCUT2D eigenvalue weighted by Gasteiger charge is -2.14. The van der Waals surface area contributed by atoms with Gasteiger partial charge in [0, 0.05) is 10.6 Å². The molecule has 0 aliphatic heterocycles. The van der Waals surface area contributed by atoms with Gasteiger partial charge in [-0.1, -0.05) is 35.9 Å². The number of benzene rings is 2. The van der Waals surface area contributed by atoms with Crippen LogP contribution >= 0.6 is 11.6 Å². The van der Waals surface area contributed by atoms with Gasteiger partial charge in [0.15, 0.2) is 0 Å². The van der Waals surface area contributed by atoms with Crippen LogP contribution in [0.1, 0.15) is 16.1 Å². The average Bonchev–Trinajstić information content (AvgIpc) is 3.09. The van der Waals surface area contributed by atoms with Crippen LogP contribution in [-0.4, -0.2) is 16.1 Å². The maximum atomic E-state index is 12.9. The first-order chi connectivity index (χ1) is 12.3. The van der Waals surface area contributed by atoms with E-state index < -0.39 is 17.6 Å². The molecule has 0 fully saturated rings. The van der Waals surface area contributed by atoms with Gasteiger partial charge in [-0.25, -0.2) is 0 Å². The predicted octanol–water partition coefficient (Wildman–Crippen LogP) is 4.51. The van der Waals surface area contributed by atoms with Crippen molar-refractivity contribution < 1.29 is 18.0 Å². The SMILES string of the molecule is O=C(NNc1ccccc1C(F)(F)F)c1cc(-c2cccc(Cl)c2)n[nH]1. The zero-order valence-electron chi connectivity index (χ0n) is 13.1. The van der Waals surface area contributed by atoms with Crippen molar-refractivity contribution in [3.63, 3.8) is 0 Å². The zero-order valence-corrected chi connectivity index (χ0v) is 13.8. The Kier molecular flexibility index (Phi) is 4.85. The molecular formula is C17H12ClF3N4O. The van der Waals surface area contributed by atoms with Gasteiger partial charge in [-0.3, -0.25) is 20.7 Å². The van der Waals surface area contributed by atoms with Gasteiger partial charge in [-0.15, -0.1) is 0 Å². The molecule has 26 heavy (non-hydrogen) atoms. The summed E-state index contributed by atoms with van der Waals surface area (Å²) in [7, 11) is 0. The number of alkyl halides is 3. The molecule has 0 bridgehead atoms. The minimum Gasteiger partial charge on any atom is -0.298 e. The molecule has 0 aliphatic carbocycles. The number of amides is 1. The molecular weight excluding hydrogens is 369 g/mol. The highest BCUT2D eigenvalue weighted by molar-refractivity contribution is 6.30. The van der Waals surface area contributed by atoms with Gasteiger partial charge in [0.1, 0.15) is 5.69 Å². The third-order valence-corrected chi connectivity index (χ3v) is 3.72. The van der Waals surface area contributed by atoms with Crippen LogP contribution in [0.4, 0.5) is 18.9 Å². The minimum absolute atomic E-state index is 0.0805. The number of halogens is 4. The molecule has 1 heterocycles. The first kappa shape index (κ1) is 17.8. The molecule has 9 heteroatoms.